The van der Waals surface area contributed by atoms with Crippen LogP contribution in [-0.2, 0) is 9.47 Å². The van der Waals surface area contributed by atoms with Crippen molar-refractivity contribution in [1.82, 2.24) is 0 Å². The average Bonchev–Trinajstić information content (AvgIpc) is 2.97. The van der Waals surface area contributed by atoms with Gasteiger partial charge in [0.1, 0.15) is 59.6 Å². The fourth-order valence-electron chi connectivity index (χ4n) is 4.58. The fourth-order valence-corrected chi connectivity index (χ4v) is 4.58. The van der Waals surface area contributed by atoms with Crippen LogP contribution in [0.4, 0.5) is 0 Å². The lowest BCUT2D eigenvalue weighted by Gasteiger charge is -2.39. The highest BCUT2D eigenvalue weighted by Crippen LogP contribution is 2.51. The molecule has 0 radical (unpaired) electrons. The van der Waals surface area contributed by atoms with Crippen LogP contribution in [0.25, 0.3) is 22.3 Å². The molecule has 0 unspecified atom stereocenters. The van der Waals surface area contributed by atoms with Crippen LogP contribution in [0.1, 0.15) is 0 Å². The number of rotatable bonds is 6. The number of hydrogen-bond acceptors (Lipinski definition) is 16. The molecule has 3 aromatic rings. The summed E-state index contributed by atoms with van der Waals surface area (Å²) in [6.45, 7) is -1.32. The van der Waals surface area contributed by atoms with E-state index in [1.165, 1.54) is 24.3 Å². The van der Waals surface area contributed by atoms with Crippen molar-refractivity contribution in [2.45, 2.75) is 55.3 Å². The zero-order chi connectivity index (χ0) is 30.5. The molecule has 0 spiro atoms. The third-order valence-corrected chi connectivity index (χ3v) is 6.96. The minimum Gasteiger partial charge on any atom is -0.508 e. The van der Waals surface area contributed by atoms with Crippen molar-refractivity contribution < 1.29 is 74.4 Å². The van der Waals surface area contributed by atoms with E-state index in [1.807, 2.05) is 0 Å². The normalized spacial score (nSPS) is 31.6. The molecule has 1 aromatic heterocycles. The van der Waals surface area contributed by atoms with E-state index in [-0.39, 0.29) is 17.1 Å². The molecule has 2 aromatic carbocycles. The number of aliphatic hydroxyl groups is 7. The Morgan fingerprint density at radius 3 is 2.10 bits per heavy atom. The third-order valence-electron chi connectivity index (χ3n) is 6.96. The zero-order valence-corrected chi connectivity index (χ0v) is 21.4. The maximum Gasteiger partial charge on any atom is 0.229 e. The second-order valence-electron chi connectivity index (χ2n) is 9.76. The Balaban J connectivity index is 1.66. The van der Waals surface area contributed by atoms with E-state index in [0.29, 0.717) is 0 Å². The van der Waals surface area contributed by atoms with Crippen molar-refractivity contribution in [1.29, 1.82) is 0 Å². The number of hydrogen-bond donors (Lipinski definition) is 10. The van der Waals surface area contributed by atoms with Gasteiger partial charge in [-0.05, 0) is 24.3 Å². The Labute approximate surface area is 235 Å². The Morgan fingerprint density at radius 2 is 1.43 bits per heavy atom. The quantitative estimate of drug-likeness (QED) is 0.142. The van der Waals surface area contributed by atoms with Crippen LogP contribution in [0.2, 0.25) is 0 Å². The van der Waals surface area contributed by atoms with Crippen LogP contribution in [0.15, 0.2) is 39.5 Å². The third kappa shape index (κ3) is 5.19. The van der Waals surface area contributed by atoms with Gasteiger partial charge >= 0.3 is 0 Å². The van der Waals surface area contributed by atoms with Gasteiger partial charge in [0, 0.05) is 11.6 Å². The molecule has 2 fully saturated rings. The van der Waals surface area contributed by atoms with Gasteiger partial charge in [-0.2, -0.15) is 0 Å². The van der Waals surface area contributed by atoms with E-state index in [1.54, 1.807) is 0 Å². The molecule has 0 saturated carbocycles. The van der Waals surface area contributed by atoms with Crippen LogP contribution in [0, 0.1) is 0 Å². The monoisotopic (exact) mass is 596 g/mol. The van der Waals surface area contributed by atoms with Gasteiger partial charge in [0.2, 0.25) is 29.8 Å². The molecule has 0 aliphatic carbocycles. The summed E-state index contributed by atoms with van der Waals surface area (Å²) in [6, 6.07) is 6.40. The van der Waals surface area contributed by atoms with Crippen LogP contribution in [0.5, 0.6) is 28.7 Å². The Kier molecular flexibility index (Phi) is 8.17. The van der Waals surface area contributed by atoms with Gasteiger partial charge in [-0.3, -0.25) is 4.79 Å². The molecule has 42 heavy (non-hydrogen) atoms. The highest BCUT2D eigenvalue weighted by atomic mass is 16.7. The Bertz CT molecular complexity index is 1490. The first-order valence-corrected chi connectivity index (χ1v) is 12.6. The summed E-state index contributed by atoms with van der Waals surface area (Å²) >= 11 is 0. The number of phenolic OH excluding ortho intramolecular Hbond substituents is 3. The first-order valence-electron chi connectivity index (χ1n) is 12.6. The van der Waals surface area contributed by atoms with E-state index >= 15 is 0 Å². The van der Waals surface area contributed by atoms with Gasteiger partial charge in [0.15, 0.2) is 16.8 Å². The van der Waals surface area contributed by atoms with Crippen LogP contribution >= 0.6 is 0 Å². The second kappa shape index (κ2) is 11.5. The summed E-state index contributed by atoms with van der Waals surface area (Å²) < 4.78 is 27.3. The minimum atomic E-state index is -1.98. The molecule has 5 rings (SSSR count). The summed E-state index contributed by atoms with van der Waals surface area (Å²) in [5.41, 5.74) is -1.20. The molecule has 2 aliphatic heterocycles. The number of aromatic hydroxyl groups is 3. The highest BCUT2D eigenvalue weighted by Gasteiger charge is 2.46. The van der Waals surface area contributed by atoms with Gasteiger partial charge in [-0.15, -0.1) is 0 Å². The van der Waals surface area contributed by atoms with E-state index < -0.39 is 108 Å². The minimum absolute atomic E-state index is 0.0830. The second-order valence-corrected chi connectivity index (χ2v) is 9.76. The standard InChI is InChI=1S/C26H28O16/c27-6-13-16(32)18(34)20(36)26(40-13)41-23-17(33)14-10(29)5-12(8-1-3-9(28)4-2-8)39-22(14)24(21(23)37)42-25-19(35)15(31)11(30)7-38-25/h1-5,11,13,15-16,18-20,25-28,30-37H,6-7H2/t11-,13-,15-,16+,18-,19+,20+,25+,26+/m1/s1. The number of phenols is 3. The maximum atomic E-state index is 13.3. The first-order chi connectivity index (χ1) is 19.9. The number of aliphatic hydroxyl groups excluding tert-OH is 7. The lowest BCUT2D eigenvalue weighted by atomic mass is 9.99. The van der Waals surface area contributed by atoms with Crippen molar-refractivity contribution >= 4 is 11.0 Å². The van der Waals surface area contributed by atoms with Crippen molar-refractivity contribution in [2.75, 3.05) is 13.2 Å². The molecule has 16 heteroatoms. The molecule has 2 aliphatic rings. The largest absolute Gasteiger partial charge is 0.508 e. The molecule has 228 valence electrons. The molecular formula is C26H28O16. The predicted octanol–water partition coefficient (Wildman–Crippen LogP) is -2.43. The first kappa shape index (κ1) is 29.8. The molecule has 0 bridgehead atoms. The molecule has 3 heterocycles. The predicted molar refractivity (Wildman–Crippen MR) is 136 cm³/mol. The number of ether oxygens (including phenoxy) is 4. The van der Waals surface area contributed by atoms with Crippen molar-refractivity contribution in [3.8, 4) is 40.1 Å². The maximum absolute atomic E-state index is 13.3. The zero-order valence-electron chi connectivity index (χ0n) is 21.4. The Morgan fingerprint density at radius 1 is 0.786 bits per heavy atom. The van der Waals surface area contributed by atoms with Crippen LogP contribution in [-0.4, -0.2) is 120 Å². The van der Waals surface area contributed by atoms with Gasteiger partial charge in [-0.1, -0.05) is 0 Å². The van der Waals surface area contributed by atoms with E-state index in [4.69, 9.17) is 23.4 Å². The average molecular weight is 596 g/mol. The molecule has 2 saturated heterocycles. The summed E-state index contributed by atoms with van der Waals surface area (Å²) in [5, 5.41) is 102. The van der Waals surface area contributed by atoms with E-state index in [9.17, 15) is 55.9 Å². The number of benzene rings is 2. The SMILES string of the molecule is O=c1cc(-c2ccc(O)cc2)oc2c(O[C@@H]3OC[C@@H](O)[C@@H](O)[C@@H]3O)c(O)c(O[C@@H]3O[C@H](CO)[C@H](O)[C@@H](O)[C@@H]3O)c(O)c12. The van der Waals surface area contributed by atoms with Gasteiger partial charge in [-0.25, -0.2) is 0 Å². The summed E-state index contributed by atoms with van der Waals surface area (Å²) in [6.07, 6.45) is -15.8. The molecule has 10 N–H and O–H groups in total. The van der Waals surface area contributed by atoms with Crippen molar-refractivity contribution in [3.63, 3.8) is 0 Å². The lowest BCUT2D eigenvalue weighted by Crippen LogP contribution is -2.60. The van der Waals surface area contributed by atoms with E-state index in [0.717, 1.165) is 6.07 Å². The topological polar surface area (TPSA) is 269 Å². The van der Waals surface area contributed by atoms with Crippen LogP contribution < -0.4 is 14.9 Å². The van der Waals surface area contributed by atoms with Crippen LogP contribution in [0.3, 0.4) is 0 Å². The molecule has 0 amide bonds. The smallest absolute Gasteiger partial charge is 0.229 e. The summed E-state index contributed by atoms with van der Waals surface area (Å²) in [7, 11) is 0. The van der Waals surface area contributed by atoms with Gasteiger partial charge in [0.05, 0.1) is 13.2 Å². The molecule has 9 atom stereocenters. The highest BCUT2D eigenvalue weighted by molar-refractivity contribution is 5.95. The Hall–Kier alpha value is -3.71. The van der Waals surface area contributed by atoms with Crippen molar-refractivity contribution in [2.24, 2.45) is 0 Å². The summed E-state index contributed by atoms with van der Waals surface area (Å²) in [5.74, 6) is -4.00. The number of fused-ring (bicyclic) bond motifs is 1. The van der Waals surface area contributed by atoms with Crippen molar-refractivity contribution in [3.05, 3.63) is 40.6 Å². The molecular weight excluding hydrogens is 568 g/mol. The molecule has 16 nitrogen and oxygen atoms in total. The van der Waals surface area contributed by atoms with Gasteiger partial charge < -0.3 is 74.4 Å². The summed E-state index contributed by atoms with van der Waals surface area (Å²) in [4.78, 5) is 13.3. The van der Waals surface area contributed by atoms with Gasteiger partial charge in [0.25, 0.3) is 0 Å². The lowest BCUT2D eigenvalue weighted by molar-refractivity contribution is -0.277. The fraction of sp³-hybridized carbons (Fsp3) is 0.423. The van der Waals surface area contributed by atoms with E-state index in [2.05, 4.69) is 0 Å².